The first-order valence-electron chi connectivity index (χ1n) is 9.47. The Hall–Kier alpha value is -3.38. The first-order chi connectivity index (χ1) is 14.7. The van der Waals surface area contributed by atoms with Gasteiger partial charge < -0.3 is 4.98 Å². The molecule has 0 spiro atoms. The number of hydrogen-bond acceptors (Lipinski definition) is 3. The molecule has 0 aliphatic carbocycles. The van der Waals surface area contributed by atoms with Gasteiger partial charge in [-0.1, -0.05) is 30.3 Å². The Bertz CT molecular complexity index is 1360. The van der Waals surface area contributed by atoms with Crippen LogP contribution in [0.2, 0.25) is 0 Å². The first kappa shape index (κ1) is 18.6. The van der Waals surface area contributed by atoms with Crippen molar-refractivity contribution in [3.05, 3.63) is 101 Å². The quantitative estimate of drug-likeness (QED) is 0.327. The molecule has 3 heterocycles. The van der Waals surface area contributed by atoms with E-state index in [2.05, 4.69) is 36.9 Å². The summed E-state index contributed by atoms with van der Waals surface area (Å²) in [6.07, 6.45) is 2.28. The van der Waals surface area contributed by atoms with Crippen molar-refractivity contribution in [2.75, 3.05) is 0 Å². The average Bonchev–Trinajstić information content (AvgIpc) is 3.17. The van der Waals surface area contributed by atoms with Gasteiger partial charge in [-0.05, 0) is 64.0 Å². The molecule has 146 valence electrons. The molecule has 5 rings (SSSR count). The van der Waals surface area contributed by atoms with Crippen molar-refractivity contribution in [1.29, 1.82) is 0 Å². The van der Waals surface area contributed by atoms with Gasteiger partial charge >= 0.3 is 0 Å². The number of rotatable bonds is 4. The lowest BCUT2D eigenvalue weighted by molar-refractivity contribution is 0.626. The maximum Gasteiger partial charge on any atom is 0.123 e. The fourth-order valence-corrected chi connectivity index (χ4v) is 3.85. The highest BCUT2D eigenvalue weighted by Crippen LogP contribution is 2.32. The van der Waals surface area contributed by atoms with Crippen LogP contribution in [0.25, 0.3) is 33.5 Å². The maximum absolute atomic E-state index is 13.6. The van der Waals surface area contributed by atoms with Gasteiger partial charge in [0.2, 0.25) is 0 Å². The second kappa shape index (κ2) is 7.80. The summed E-state index contributed by atoms with van der Waals surface area (Å²) in [5.41, 5.74) is 5.16. The monoisotopic (exact) mass is 458 g/mol. The first-order valence-corrected chi connectivity index (χ1v) is 10.3. The molecule has 0 saturated carbocycles. The van der Waals surface area contributed by atoms with Gasteiger partial charge in [-0.2, -0.15) is 0 Å². The minimum atomic E-state index is -0.254. The predicted molar refractivity (Wildman–Crippen MR) is 119 cm³/mol. The summed E-state index contributed by atoms with van der Waals surface area (Å²) in [6.45, 7) is 0. The van der Waals surface area contributed by atoms with E-state index >= 15 is 0 Å². The van der Waals surface area contributed by atoms with Gasteiger partial charge in [-0.15, -0.1) is 0 Å². The molecule has 5 aromatic rings. The van der Waals surface area contributed by atoms with E-state index in [4.69, 9.17) is 4.98 Å². The van der Waals surface area contributed by atoms with Crippen LogP contribution in [-0.2, 0) is 6.42 Å². The van der Waals surface area contributed by atoms with Gasteiger partial charge in [0, 0.05) is 23.6 Å². The minimum Gasteiger partial charge on any atom is -0.340 e. The zero-order valence-electron chi connectivity index (χ0n) is 15.8. The molecule has 0 aliphatic rings. The standard InChI is InChI=1S/C24H16BrFN4/c25-21-8-2-7-20(28-21)24-23(17-9-10-19-16(14-17)5-3-11-27-19)29-22(30-24)13-15-4-1-6-18(26)12-15/h1-12,14H,13H2,(H,29,30). The number of nitrogens with one attached hydrogen (secondary N) is 1. The highest BCUT2D eigenvalue weighted by molar-refractivity contribution is 9.10. The minimum absolute atomic E-state index is 0.254. The third kappa shape index (κ3) is 3.74. The Kier molecular flexibility index (Phi) is 4.85. The van der Waals surface area contributed by atoms with Crippen LogP contribution >= 0.6 is 15.9 Å². The second-order valence-electron chi connectivity index (χ2n) is 6.97. The molecule has 4 nitrogen and oxygen atoms in total. The van der Waals surface area contributed by atoms with Gasteiger partial charge in [0.25, 0.3) is 0 Å². The zero-order valence-corrected chi connectivity index (χ0v) is 17.4. The fraction of sp³-hybridized carbons (Fsp3) is 0.0417. The van der Waals surface area contributed by atoms with E-state index in [1.54, 1.807) is 12.3 Å². The van der Waals surface area contributed by atoms with Gasteiger partial charge in [0.05, 0.1) is 22.6 Å². The lowest BCUT2D eigenvalue weighted by Crippen LogP contribution is -1.92. The van der Waals surface area contributed by atoms with Crippen LogP contribution < -0.4 is 0 Å². The highest BCUT2D eigenvalue weighted by Gasteiger charge is 2.16. The molecule has 0 amide bonds. The number of imidazole rings is 1. The number of hydrogen-bond donors (Lipinski definition) is 1. The maximum atomic E-state index is 13.6. The largest absolute Gasteiger partial charge is 0.340 e. The van der Waals surface area contributed by atoms with Gasteiger partial charge in [0.15, 0.2) is 0 Å². The average molecular weight is 459 g/mol. The van der Waals surface area contributed by atoms with Crippen molar-refractivity contribution in [1.82, 2.24) is 19.9 Å². The molecule has 0 aliphatic heterocycles. The number of aromatic nitrogens is 4. The van der Waals surface area contributed by atoms with Crippen LogP contribution in [0.5, 0.6) is 0 Å². The molecular weight excluding hydrogens is 443 g/mol. The van der Waals surface area contributed by atoms with Gasteiger partial charge in [-0.3, -0.25) is 4.98 Å². The molecule has 0 atom stereocenters. The summed E-state index contributed by atoms with van der Waals surface area (Å²) in [4.78, 5) is 17.3. The summed E-state index contributed by atoms with van der Waals surface area (Å²) < 4.78 is 14.4. The molecule has 30 heavy (non-hydrogen) atoms. The molecular formula is C24H16BrFN4. The molecule has 0 bridgehead atoms. The van der Waals surface area contributed by atoms with Crippen LogP contribution in [0.4, 0.5) is 4.39 Å². The fourth-order valence-electron chi connectivity index (χ4n) is 3.51. The topological polar surface area (TPSA) is 54.5 Å². The van der Waals surface area contributed by atoms with Crippen molar-refractivity contribution >= 4 is 26.8 Å². The number of benzene rings is 2. The Morgan fingerprint density at radius 2 is 1.80 bits per heavy atom. The molecule has 0 saturated heterocycles. The van der Waals surface area contributed by atoms with Gasteiger partial charge in [0.1, 0.15) is 16.2 Å². The summed E-state index contributed by atoms with van der Waals surface area (Å²) in [5, 5.41) is 1.04. The number of H-pyrrole nitrogens is 1. The number of pyridine rings is 2. The van der Waals surface area contributed by atoms with Crippen molar-refractivity contribution < 1.29 is 4.39 Å². The molecule has 0 radical (unpaired) electrons. The Labute approximate surface area is 181 Å². The predicted octanol–water partition coefficient (Wildman–Crippen LogP) is 6.18. The summed E-state index contributed by atoms with van der Waals surface area (Å²) in [6, 6.07) is 22.4. The van der Waals surface area contributed by atoms with Crippen LogP contribution in [0, 0.1) is 5.82 Å². The van der Waals surface area contributed by atoms with Crippen molar-refractivity contribution in [3.8, 4) is 22.6 Å². The van der Waals surface area contributed by atoms with E-state index < -0.39 is 0 Å². The lowest BCUT2D eigenvalue weighted by Gasteiger charge is -2.04. The van der Waals surface area contributed by atoms with Crippen LogP contribution in [0.3, 0.4) is 0 Å². The number of aromatic amines is 1. The van der Waals surface area contributed by atoms with E-state index in [0.717, 1.165) is 49.5 Å². The van der Waals surface area contributed by atoms with E-state index in [1.165, 1.54) is 12.1 Å². The van der Waals surface area contributed by atoms with Gasteiger partial charge in [-0.25, -0.2) is 14.4 Å². The second-order valence-corrected chi connectivity index (χ2v) is 7.78. The molecule has 3 aromatic heterocycles. The summed E-state index contributed by atoms with van der Waals surface area (Å²) in [7, 11) is 0. The van der Waals surface area contributed by atoms with Crippen LogP contribution in [0.15, 0.2) is 83.6 Å². The SMILES string of the molecule is Fc1cccc(Cc2nc(-c3ccc4ncccc4c3)c(-c3cccc(Br)n3)[nH]2)c1. The highest BCUT2D eigenvalue weighted by atomic mass is 79.9. The number of nitrogens with zero attached hydrogens (tertiary/aromatic N) is 3. The van der Waals surface area contributed by atoms with E-state index in [0.29, 0.717) is 6.42 Å². The lowest BCUT2D eigenvalue weighted by atomic mass is 10.1. The van der Waals surface area contributed by atoms with Crippen LogP contribution in [0.1, 0.15) is 11.4 Å². The Morgan fingerprint density at radius 1 is 0.900 bits per heavy atom. The van der Waals surface area contributed by atoms with Crippen molar-refractivity contribution in [2.45, 2.75) is 6.42 Å². The number of halogens is 2. The molecule has 6 heteroatoms. The zero-order chi connectivity index (χ0) is 20.5. The normalized spacial score (nSPS) is 11.1. The Morgan fingerprint density at radius 3 is 2.67 bits per heavy atom. The number of fused-ring (bicyclic) bond motifs is 1. The van der Waals surface area contributed by atoms with Crippen LogP contribution in [-0.4, -0.2) is 19.9 Å². The smallest absolute Gasteiger partial charge is 0.123 e. The van der Waals surface area contributed by atoms with Crippen molar-refractivity contribution in [2.24, 2.45) is 0 Å². The van der Waals surface area contributed by atoms with E-state index in [1.807, 2.05) is 48.5 Å². The molecule has 0 unspecified atom stereocenters. The third-order valence-electron chi connectivity index (χ3n) is 4.86. The van der Waals surface area contributed by atoms with E-state index in [-0.39, 0.29) is 5.82 Å². The summed E-state index contributed by atoms with van der Waals surface area (Å²) in [5.74, 6) is 0.494. The third-order valence-corrected chi connectivity index (χ3v) is 5.30. The van der Waals surface area contributed by atoms with Crippen molar-refractivity contribution in [3.63, 3.8) is 0 Å². The summed E-state index contributed by atoms with van der Waals surface area (Å²) >= 11 is 3.45. The molecule has 1 N–H and O–H groups in total. The Balaban J connectivity index is 1.64. The molecule has 2 aromatic carbocycles. The molecule has 0 fully saturated rings. The van der Waals surface area contributed by atoms with E-state index in [9.17, 15) is 4.39 Å².